The number of carbonyl (C=O) groups excluding carboxylic acids is 1. The largest absolute Gasteiger partial charge is 0.339 e. The Morgan fingerprint density at radius 3 is 2.80 bits per heavy atom. The molecule has 0 fully saturated rings. The first-order chi connectivity index (χ1) is 7.15. The van der Waals surface area contributed by atoms with E-state index in [1.54, 1.807) is 20.2 Å². The van der Waals surface area contributed by atoms with Crippen LogP contribution in [0.15, 0.2) is 12.4 Å². The molecule has 0 atom stereocenters. The highest BCUT2D eigenvalue weighted by Gasteiger charge is 2.12. The summed E-state index contributed by atoms with van der Waals surface area (Å²) in [6.45, 7) is 2.21. The van der Waals surface area contributed by atoms with Crippen molar-refractivity contribution in [2.75, 3.05) is 13.6 Å². The summed E-state index contributed by atoms with van der Waals surface area (Å²) in [5.74, 6) is -0.210. The zero-order valence-electron chi connectivity index (χ0n) is 8.77. The third-order valence-corrected chi connectivity index (χ3v) is 1.91. The summed E-state index contributed by atoms with van der Waals surface area (Å²) < 4.78 is 0. The van der Waals surface area contributed by atoms with Gasteiger partial charge in [0.25, 0.3) is 5.91 Å². The lowest BCUT2D eigenvalue weighted by Crippen LogP contribution is -2.28. The fraction of sp³-hybridized carbons (Fsp3) is 0.400. The van der Waals surface area contributed by atoms with E-state index in [1.807, 2.05) is 6.07 Å². The van der Waals surface area contributed by atoms with Gasteiger partial charge >= 0.3 is 0 Å². The van der Waals surface area contributed by atoms with E-state index in [2.05, 4.69) is 9.97 Å². The van der Waals surface area contributed by atoms with Gasteiger partial charge in [-0.15, -0.1) is 0 Å². The van der Waals surface area contributed by atoms with Crippen LogP contribution in [-0.2, 0) is 0 Å². The van der Waals surface area contributed by atoms with E-state index in [0.29, 0.717) is 18.7 Å². The van der Waals surface area contributed by atoms with E-state index in [9.17, 15) is 4.79 Å². The molecule has 1 rings (SSSR count). The summed E-state index contributed by atoms with van der Waals surface area (Å²) in [5.41, 5.74) is 1.08. The number of hydrogen-bond donors (Lipinski definition) is 0. The first-order valence-electron chi connectivity index (χ1n) is 4.56. The van der Waals surface area contributed by atoms with Crippen LogP contribution in [0.2, 0.25) is 0 Å². The molecule has 0 aromatic carbocycles. The lowest BCUT2D eigenvalue weighted by molar-refractivity contribution is 0.0791. The topological polar surface area (TPSA) is 69.9 Å². The van der Waals surface area contributed by atoms with Gasteiger partial charge in [-0.3, -0.25) is 9.78 Å². The molecule has 78 valence electrons. The highest BCUT2D eigenvalue weighted by molar-refractivity contribution is 5.91. The van der Waals surface area contributed by atoms with Crippen LogP contribution in [-0.4, -0.2) is 34.4 Å². The molecule has 0 saturated heterocycles. The van der Waals surface area contributed by atoms with Crippen molar-refractivity contribution >= 4 is 5.91 Å². The molecule has 1 aromatic rings. The minimum Gasteiger partial charge on any atom is -0.339 e. The fourth-order valence-corrected chi connectivity index (χ4v) is 1.02. The van der Waals surface area contributed by atoms with Crippen molar-refractivity contribution in [1.29, 1.82) is 5.26 Å². The summed E-state index contributed by atoms with van der Waals surface area (Å²) in [6.07, 6.45) is 3.31. The van der Waals surface area contributed by atoms with Crippen molar-refractivity contribution in [2.24, 2.45) is 0 Å². The molecule has 5 nitrogen and oxygen atoms in total. The second kappa shape index (κ2) is 5.05. The molecule has 0 radical (unpaired) electrons. The molecule has 0 spiro atoms. The number of aryl methyl sites for hydroxylation is 1. The van der Waals surface area contributed by atoms with Gasteiger partial charge in [0.2, 0.25) is 0 Å². The molecule has 0 N–H and O–H groups in total. The quantitative estimate of drug-likeness (QED) is 0.729. The van der Waals surface area contributed by atoms with Crippen LogP contribution < -0.4 is 0 Å². The molecular formula is C10H12N4O. The second-order valence-electron chi connectivity index (χ2n) is 3.18. The first-order valence-corrected chi connectivity index (χ1v) is 4.56. The Balaban J connectivity index is 2.68. The molecule has 1 amide bonds. The van der Waals surface area contributed by atoms with Gasteiger partial charge < -0.3 is 4.90 Å². The summed E-state index contributed by atoms with van der Waals surface area (Å²) in [4.78, 5) is 21.1. The highest BCUT2D eigenvalue weighted by Crippen LogP contribution is 1.99. The van der Waals surface area contributed by atoms with Crippen molar-refractivity contribution in [3.63, 3.8) is 0 Å². The Kier molecular flexibility index (Phi) is 3.75. The zero-order chi connectivity index (χ0) is 11.3. The minimum atomic E-state index is -0.210. The Labute approximate surface area is 88.4 Å². The monoisotopic (exact) mass is 204 g/mol. The third kappa shape index (κ3) is 3.02. The number of carbonyl (C=O) groups is 1. The van der Waals surface area contributed by atoms with E-state index >= 15 is 0 Å². The van der Waals surface area contributed by atoms with Gasteiger partial charge in [0.05, 0.1) is 24.4 Å². The lowest BCUT2D eigenvalue weighted by Gasteiger charge is -2.14. The van der Waals surface area contributed by atoms with E-state index in [1.165, 1.54) is 11.1 Å². The van der Waals surface area contributed by atoms with Crippen molar-refractivity contribution in [2.45, 2.75) is 13.3 Å². The van der Waals surface area contributed by atoms with Gasteiger partial charge in [0, 0.05) is 19.8 Å². The maximum Gasteiger partial charge on any atom is 0.273 e. The zero-order valence-corrected chi connectivity index (χ0v) is 8.77. The average Bonchev–Trinajstić information content (AvgIpc) is 2.26. The maximum atomic E-state index is 11.7. The number of aromatic nitrogens is 2. The van der Waals surface area contributed by atoms with Crippen LogP contribution >= 0.6 is 0 Å². The van der Waals surface area contributed by atoms with E-state index in [-0.39, 0.29) is 5.91 Å². The molecule has 5 heteroatoms. The predicted octanol–water partition coefficient (Wildman–Crippen LogP) is 0.771. The smallest absolute Gasteiger partial charge is 0.273 e. The molecule has 0 aliphatic heterocycles. The standard InChI is InChI=1S/C10H12N4O/c1-8-6-13-9(7-12-8)10(15)14(2)5-3-4-11/h6-7H,3,5H2,1-2H3. The van der Waals surface area contributed by atoms with E-state index in [0.717, 1.165) is 5.69 Å². The fourth-order valence-electron chi connectivity index (χ4n) is 1.02. The number of nitriles is 1. The minimum absolute atomic E-state index is 0.210. The molecule has 0 bridgehead atoms. The van der Waals surface area contributed by atoms with Gasteiger partial charge in [-0.2, -0.15) is 5.26 Å². The summed E-state index contributed by atoms with van der Waals surface area (Å²) in [6, 6.07) is 1.98. The van der Waals surface area contributed by atoms with Gasteiger partial charge in [-0.1, -0.05) is 0 Å². The van der Waals surface area contributed by atoms with Crippen LogP contribution in [0.3, 0.4) is 0 Å². The van der Waals surface area contributed by atoms with Gasteiger partial charge in [-0.25, -0.2) is 4.98 Å². The maximum absolute atomic E-state index is 11.7. The molecule has 0 aliphatic rings. The van der Waals surface area contributed by atoms with Crippen LogP contribution in [0.5, 0.6) is 0 Å². The summed E-state index contributed by atoms with van der Waals surface area (Å²) in [7, 11) is 1.64. The molecule has 0 aliphatic carbocycles. The van der Waals surface area contributed by atoms with Crippen LogP contribution in [0.1, 0.15) is 22.6 Å². The molecule has 15 heavy (non-hydrogen) atoms. The van der Waals surface area contributed by atoms with Crippen LogP contribution in [0.4, 0.5) is 0 Å². The third-order valence-electron chi connectivity index (χ3n) is 1.91. The summed E-state index contributed by atoms with van der Waals surface area (Å²) >= 11 is 0. The second-order valence-corrected chi connectivity index (χ2v) is 3.18. The van der Waals surface area contributed by atoms with Crippen LogP contribution in [0, 0.1) is 18.3 Å². The lowest BCUT2D eigenvalue weighted by atomic mass is 10.3. The number of nitrogens with zero attached hydrogens (tertiary/aromatic N) is 4. The van der Waals surface area contributed by atoms with E-state index < -0.39 is 0 Å². The Morgan fingerprint density at radius 1 is 1.53 bits per heavy atom. The molecule has 1 aromatic heterocycles. The van der Waals surface area contributed by atoms with Crippen molar-refractivity contribution in [3.8, 4) is 6.07 Å². The molecule has 0 unspecified atom stereocenters. The molecular weight excluding hydrogens is 192 g/mol. The van der Waals surface area contributed by atoms with Gasteiger partial charge in [-0.05, 0) is 6.92 Å². The average molecular weight is 204 g/mol. The van der Waals surface area contributed by atoms with Crippen LogP contribution in [0.25, 0.3) is 0 Å². The van der Waals surface area contributed by atoms with Crippen molar-refractivity contribution < 1.29 is 4.79 Å². The predicted molar refractivity (Wildman–Crippen MR) is 54.0 cm³/mol. The summed E-state index contributed by atoms with van der Waals surface area (Å²) in [5, 5.41) is 8.39. The van der Waals surface area contributed by atoms with Gasteiger partial charge in [0.15, 0.2) is 0 Å². The number of amides is 1. The molecule has 1 heterocycles. The normalized spacial score (nSPS) is 9.40. The Morgan fingerprint density at radius 2 is 2.27 bits per heavy atom. The highest BCUT2D eigenvalue weighted by atomic mass is 16.2. The number of hydrogen-bond acceptors (Lipinski definition) is 4. The van der Waals surface area contributed by atoms with Crippen molar-refractivity contribution in [3.05, 3.63) is 23.8 Å². The Bertz CT molecular complexity index is 379. The molecule has 0 saturated carbocycles. The SMILES string of the molecule is Cc1cnc(C(=O)N(C)CCC#N)cn1. The van der Waals surface area contributed by atoms with E-state index in [4.69, 9.17) is 5.26 Å². The van der Waals surface area contributed by atoms with Gasteiger partial charge in [0.1, 0.15) is 5.69 Å². The first kappa shape index (κ1) is 11.1. The Hall–Kier alpha value is -1.96. The van der Waals surface area contributed by atoms with Crippen molar-refractivity contribution in [1.82, 2.24) is 14.9 Å². The number of rotatable bonds is 3.